The molecular formula is C20H18N6O3. The van der Waals surface area contributed by atoms with Crippen molar-refractivity contribution >= 4 is 22.8 Å². The highest BCUT2D eigenvalue weighted by Crippen LogP contribution is 2.27. The first-order chi connectivity index (χ1) is 14.2. The van der Waals surface area contributed by atoms with Crippen LogP contribution in [0.3, 0.4) is 0 Å². The Morgan fingerprint density at radius 2 is 1.79 bits per heavy atom. The van der Waals surface area contributed by atoms with E-state index in [2.05, 4.69) is 25.9 Å². The Labute approximate surface area is 166 Å². The summed E-state index contributed by atoms with van der Waals surface area (Å²) in [5.74, 6) is 1.09. The fraction of sp³-hybridized carbons (Fsp3) is 0.100. The summed E-state index contributed by atoms with van der Waals surface area (Å²) in [7, 11) is 3.05. The van der Waals surface area contributed by atoms with Gasteiger partial charge in [0.15, 0.2) is 23.0 Å². The van der Waals surface area contributed by atoms with Gasteiger partial charge in [-0.05, 0) is 30.3 Å². The zero-order chi connectivity index (χ0) is 20.2. The van der Waals surface area contributed by atoms with Crippen molar-refractivity contribution < 1.29 is 14.3 Å². The van der Waals surface area contributed by atoms with E-state index in [-0.39, 0.29) is 5.91 Å². The molecule has 9 heteroatoms. The average Bonchev–Trinajstić information content (AvgIpc) is 3.22. The lowest BCUT2D eigenvalue weighted by atomic mass is 10.2. The third-order valence-corrected chi connectivity index (χ3v) is 4.31. The highest BCUT2D eigenvalue weighted by Gasteiger charge is 2.14. The second kappa shape index (κ2) is 7.85. The molecule has 29 heavy (non-hydrogen) atoms. The van der Waals surface area contributed by atoms with Crippen LogP contribution in [0.4, 0.5) is 5.82 Å². The van der Waals surface area contributed by atoms with Gasteiger partial charge in [0.05, 0.1) is 31.5 Å². The molecule has 0 saturated heterocycles. The van der Waals surface area contributed by atoms with Crippen molar-refractivity contribution in [2.75, 3.05) is 19.6 Å². The Hall–Kier alpha value is -4.14. The number of hydrogen-bond acceptors (Lipinski definition) is 7. The molecular weight excluding hydrogens is 372 g/mol. The highest BCUT2D eigenvalue weighted by atomic mass is 16.5. The third kappa shape index (κ3) is 3.53. The maximum Gasteiger partial charge on any atom is 0.269 e. The summed E-state index contributed by atoms with van der Waals surface area (Å²) in [4.78, 5) is 21.0. The number of anilines is 1. The number of carbonyl (C=O) groups excluding carboxylic acids is 1. The second-order valence-electron chi connectivity index (χ2n) is 6.00. The van der Waals surface area contributed by atoms with Crippen LogP contribution in [-0.2, 0) is 0 Å². The SMILES string of the molecule is COc1ccc(C(=O)NNc2ncnc3c2cnn3-c2ccccc2)cc1OC. The van der Waals surface area contributed by atoms with Crippen molar-refractivity contribution in [1.29, 1.82) is 0 Å². The van der Waals surface area contributed by atoms with E-state index in [0.717, 1.165) is 5.69 Å². The lowest BCUT2D eigenvalue weighted by Gasteiger charge is -2.11. The first-order valence-corrected chi connectivity index (χ1v) is 8.74. The molecule has 4 rings (SSSR count). The number of para-hydroxylation sites is 1. The standard InChI is InChI=1S/C20H18N6O3/c1-28-16-9-8-13(10-17(16)29-2)20(27)25-24-18-15-11-23-26(19(15)22-12-21-18)14-6-4-3-5-7-14/h3-12H,1-2H3,(H,25,27)(H,21,22,24). The second-order valence-corrected chi connectivity index (χ2v) is 6.00. The predicted octanol–water partition coefficient (Wildman–Crippen LogP) is 2.59. The lowest BCUT2D eigenvalue weighted by Crippen LogP contribution is -2.30. The number of hydrogen-bond donors (Lipinski definition) is 2. The molecule has 1 amide bonds. The van der Waals surface area contributed by atoms with Gasteiger partial charge in [0.1, 0.15) is 6.33 Å². The van der Waals surface area contributed by atoms with Gasteiger partial charge < -0.3 is 9.47 Å². The van der Waals surface area contributed by atoms with Gasteiger partial charge in [-0.15, -0.1) is 0 Å². The monoisotopic (exact) mass is 390 g/mol. The molecule has 0 bridgehead atoms. The summed E-state index contributed by atoms with van der Waals surface area (Å²) in [6.07, 6.45) is 3.06. The normalized spacial score (nSPS) is 10.6. The fourth-order valence-corrected chi connectivity index (χ4v) is 2.87. The van der Waals surface area contributed by atoms with E-state index in [1.54, 1.807) is 29.1 Å². The molecule has 0 aliphatic heterocycles. The summed E-state index contributed by atoms with van der Waals surface area (Å²) >= 11 is 0. The van der Waals surface area contributed by atoms with Gasteiger partial charge in [-0.3, -0.25) is 15.6 Å². The zero-order valence-electron chi connectivity index (χ0n) is 15.8. The van der Waals surface area contributed by atoms with Gasteiger partial charge in [-0.2, -0.15) is 5.10 Å². The van der Waals surface area contributed by atoms with Crippen molar-refractivity contribution in [3.8, 4) is 17.2 Å². The first-order valence-electron chi connectivity index (χ1n) is 8.74. The molecule has 0 spiro atoms. The van der Waals surface area contributed by atoms with Crippen molar-refractivity contribution in [3.05, 3.63) is 66.6 Å². The Morgan fingerprint density at radius 1 is 1.00 bits per heavy atom. The van der Waals surface area contributed by atoms with Crippen LogP contribution in [0.25, 0.3) is 16.7 Å². The summed E-state index contributed by atoms with van der Waals surface area (Å²) in [5, 5.41) is 5.05. The molecule has 0 saturated carbocycles. The minimum absolute atomic E-state index is 0.354. The number of amides is 1. The van der Waals surface area contributed by atoms with Crippen LogP contribution >= 0.6 is 0 Å². The number of carbonyl (C=O) groups is 1. The molecule has 2 N–H and O–H groups in total. The first kappa shape index (κ1) is 18.2. The number of fused-ring (bicyclic) bond motifs is 1. The number of nitrogens with one attached hydrogen (secondary N) is 2. The number of aromatic nitrogens is 4. The topological polar surface area (TPSA) is 103 Å². The Bertz CT molecular complexity index is 1160. The highest BCUT2D eigenvalue weighted by molar-refractivity contribution is 5.96. The number of ether oxygens (including phenoxy) is 2. The van der Waals surface area contributed by atoms with E-state index in [0.29, 0.717) is 33.9 Å². The third-order valence-electron chi connectivity index (χ3n) is 4.31. The van der Waals surface area contributed by atoms with E-state index < -0.39 is 0 Å². The van der Waals surface area contributed by atoms with E-state index in [1.807, 2.05) is 30.3 Å². The zero-order valence-corrected chi connectivity index (χ0v) is 15.8. The van der Waals surface area contributed by atoms with E-state index in [1.165, 1.54) is 20.5 Å². The minimum Gasteiger partial charge on any atom is -0.493 e. The van der Waals surface area contributed by atoms with Crippen LogP contribution in [0.15, 0.2) is 61.1 Å². The number of nitrogens with zero attached hydrogens (tertiary/aromatic N) is 4. The average molecular weight is 390 g/mol. The van der Waals surface area contributed by atoms with E-state index >= 15 is 0 Å². The fourth-order valence-electron chi connectivity index (χ4n) is 2.87. The molecule has 0 radical (unpaired) electrons. The van der Waals surface area contributed by atoms with Gasteiger partial charge in [0.2, 0.25) is 0 Å². The molecule has 0 fully saturated rings. The molecule has 2 aromatic carbocycles. The maximum atomic E-state index is 12.5. The smallest absolute Gasteiger partial charge is 0.269 e. The number of methoxy groups -OCH3 is 2. The molecule has 2 aromatic heterocycles. The Morgan fingerprint density at radius 3 is 2.55 bits per heavy atom. The van der Waals surface area contributed by atoms with Gasteiger partial charge in [-0.25, -0.2) is 14.6 Å². The van der Waals surface area contributed by atoms with Gasteiger partial charge in [0, 0.05) is 5.56 Å². The van der Waals surface area contributed by atoms with Gasteiger partial charge in [-0.1, -0.05) is 18.2 Å². The van der Waals surface area contributed by atoms with Crippen LogP contribution in [-0.4, -0.2) is 39.9 Å². The van der Waals surface area contributed by atoms with Crippen molar-refractivity contribution in [3.63, 3.8) is 0 Å². The van der Waals surface area contributed by atoms with Crippen LogP contribution in [0.1, 0.15) is 10.4 Å². The minimum atomic E-state index is -0.354. The Kier molecular flexibility index (Phi) is 4.93. The number of hydrazine groups is 1. The quantitative estimate of drug-likeness (QED) is 0.488. The van der Waals surface area contributed by atoms with Gasteiger partial charge in [0.25, 0.3) is 5.91 Å². The lowest BCUT2D eigenvalue weighted by molar-refractivity contribution is 0.0962. The van der Waals surface area contributed by atoms with Crippen LogP contribution < -0.4 is 20.3 Å². The van der Waals surface area contributed by atoms with E-state index in [4.69, 9.17) is 9.47 Å². The molecule has 9 nitrogen and oxygen atoms in total. The van der Waals surface area contributed by atoms with Crippen molar-refractivity contribution in [2.24, 2.45) is 0 Å². The maximum absolute atomic E-state index is 12.5. The number of benzene rings is 2. The largest absolute Gasteiger partial charge is 0.493 e. The molecule has 0 atom stereocenters. The number of rotatable bonds is 6. The molecule has 0 aliphatic carbocycles. The summed E-state index contributed by atoms with van der Waals surface area (Å²) in [6.45, 7) is 0. The Balaban J connectivity index is 1.56. The van der Waals surface area contributed by atoms with Crippen molar-refractivity contribution in [1.82, 2.24) is 25.2 Å². The summed E-state index contributed by atoms with van der Waals surface area (Å²) in [5.41, 5.74) is 7.37. The van der Waals surface area contributed by atoms with Crippen LogP contribution in [0.2, 0.25) is 0 Å². The molecule has 2 heterocycles. The van der Waals surface area contributed by atoms with Gasteiger partial charge >= 0.3 is 0 Å². The summed E-state index contributed by atoms with van der Waals surface area (Å²) in [6, 6.07) is 14.5. The van der Waals surface area contributed by atoms with E-state index in [9.17, 15) is 4.79 Å². The predicted molar refractivity (Wildman–Crippen MR) is 107 cm³/mol. The molecule has 146 valence electrons. The molecule has 4 aromatic rings. The molecule has 0 aliphatic rings. The van der Waals surface area contributed by atoms with Crippen LogP contribution in [0.5, 0.6) is 11.5 Å². The summed E-state index contributed by atoms with van der Waals surface area (Å²) < 4.78 is 12.1. The molecule has 0 unspecified atom stereocenters. The van der Waals surface area contributed by atoms with Crippen molar-refractivity contribution in [2.45, 2.75) is 0 Å². The van der Waals surface area contributed by atoms with Crippen LogP contribution in [0, 0.1) is 0 Å².